The molecule has 0 fully saturated rings. The van der Waals surface area contributed by atoms with E-state index >= 15 is 0 Å². The summed E-state index contributed by atoms with van der Waals surface area (Å²) in [6.45, 7) is 7.15. The molecule has 0 saturated heterocycles. The molecule has 15 nitrogen and oxygen atoms in total. The highest BCUT2D eigenvalue weighted by Gasteiger charge is 2.16. The first kappa shape index (κ1) is 39.2. The number of thiophene rings is 1. The second kappa shape index (κ2) is 22.2. The quantitative estimate of drug-likeness (QED) is 0.0540. The summed E-state index contributed by atoms with van der Waals surface area (Å²) in [7, 11) is 1.64. The Morgan fingerprint density at radius 2 is 1.06 bits per heavy atom. The third-order valence-corrected chi connectivity index (χ3v) is 8.31. The Hall–Kier alpha value is -3.97. The summed E-state index contributed by atoms with van der Waals surface area (Å²) in [5, 5.41) is 2.88. The summed E-state index contributed by atoms with van der Waals surface area (Å²) >= 11 is 1.46. The molecule has 0 spiro atoms. The zero-order chi connectivity index (χ0) is 36.2. The fourth-order valence-corrected chi connectivity index (χ4v) is 5.53. The van der Waals surface area contributed by atoms with Gasteiger partial charge in [-0.25, -0.2) is 9.97 Å². The Labute approximate surface area is 305 Å². The number of nitrogens with two attached hydrogens (primary N) is 1. The Kier molecular flexibility index (Phi) is 16.7. The van der Waals surface area contributed by atoms with Crippen molar-refractivity contribution in [2.45, 2.75) is 6.42 Å². The van der Waals surface area contributed by atoms with Crippen molar-refractivity contribution >= 4 is 50.8 Å². The number of fused-ring (bicyclic) bond motifs is 2. The highest BCUT2D eigenvalue weighted by atomic mass is 32.1. The number of nitrogens with zero attached hydrogens (tertiary/aromatic N) is 2. The largest absolute Gasteiger partial charge is 0.435 e. The minimum Gasteiger partial charge on any atom is -0.435 e. The van der Waals surface area contributed by atoms with E-state index in [0.717, 1.165) is 15.3 Å². The lowest BCUT2D eigenvalue weighted by Crippen LogP contribution is -2.16. The van der Waals surface area contributed by atoms with Crippen molar-refractivity contribution in [2.24, 2.45) is 0 Å². The van der Waals surface area contributed by atoms with Crippen molar-refractivity contribution in [3.8, 4) is 21.5 Å². The third kappa shape index (κ3) is 13.2. The van der Waals surface area contributed by atoms with E-state index in [4.69, 9.17) is 52.5 Å². The fraction of sp³-hybridized carbons (Fsp3) is 0.472. The van der Waals surface area contributed by atoms with E-state index in [1.165, 1.54) is 11.3 Å². The number of oxazole rings is 2. The first-order chi connectivity index (χ1) is 25.6. The van der Waals surface area contributed by atoms with Gasteiger partial charge in [0.2, 0.25) is 17.7 Å². The van der Waals surface area contributed by atoms with Gasteiger partial charge in [-0.05, 0) is 36.4 Å². The van der Waals surface area contributed by atoms with Crippen molar-refractivity contribution in [1.29, 1.82) is 0 Å². The van der Waals surface area contributed by atoms with Gasteiger partial charge in [-0.15, -0.1) is 11.3 Å². The SMILES string of the molecule is COCCOCCOCCOCCOCCOCCOCCOCCC(=O)Nc1ccc2nc(-c3ccc(-c4nc5ccc(N)cc5o4)s3)oc2c1. The molecule has 0 aliphatic heterocycles. The number of hydrogen-bond acceptors (Lipinski definition) is 15. The summed E-state index contributed by atoms with van der Waals surface area (Å²) in [6.07, 6.45) is 0.202. The van der Waals surface area contributed by atoms with Crippen molar-refractivity contribution in [3.63, 3.8) is 0 Å². The highest BCUT2D eigenvalue weighted by Crippen LogP contribution is 2.36. The number of nitrogens with one attached hydrogen (secondary N) is 1. The van der Waals surface area contributed by atoms with Crippen molar-refractivity contribution in [3.05, 3.63) is 48.5 Å². The topological polar surface area (TPSA) is 181 Å². The lowest BCUT2D eigenvalue weighted by atomic mass is 10.3. The van der Waals surface area contributed by atoms with Crippen LogP contribution < -0.4 is 11.1 Å². The van der Waals surface area contributed by atoms with Gasteiger partial charge in [-0.1, -0.05) is 0 Å². The van der Waals surface area contributed by atoms with E-state index < -0.39 is 0 Å². The molecule has 1 amide bonds. The van der Waals surface area contributed by atoms with Crippen LogP contribution in [0.5, 0.6) is 0 Å². The summed E-state index contributed by atoms with van der Waals surface area (Å²) in [5.41, 5.74) is 9.69. The zero-order valence-electron chi connectivity index (χ0n) is 29.3. The summed E-state index contributed by atoms with van der Waals surface area (Å²) in [4.78, 5) is 23.3. The average Bonchev–Trinajstić information content (AvgIpc) is 3.90. The lowest BCUT2D eigenvalue weighted by Gasteiger charge is -2.08. The Morgan fingerprint density at radius 1 is 0.615 bits per heavy atom. The normalized spacial score (nSPS) is 11.6. The molecular formula is C36H46N4O11S. The van der Waals surface area contributed by atoms with Crippen molar-refractivity contribution in [1.82, 2.24) is 9.97 Å². The number of amides is 1. The monoisotopic (exact) mass is 742 g/mol. The van der Waals surface area contributed by atoms with Gasteiger partial charge >= 0.3 is 0 Å². The molecule has 282 valence electrons. The number of rotatable bonds is 27. The fourth-order valence-electron chi connectivity index (χ4n) is 4.67. The maximum Gasteiger partial charge on any atom is 0.237 e. The van der Waals surface area contributed by atoms with Gasteiger partial charge < -0.3 is 57.8 Å². The van der Waals surface area contributed by atoms with E-state index in [9.17, 15) is 4.79 Å². The summed E-state index contributed by atoms with van der Waals surface area (Å²) < 4.78 is 55.0. The third-order valence-electron chi connectivity index (χ3n) is 7.25. The molecular weight excluding hydrogens is 696 g/mol. The molecule has 3 N–H and O–H groups in total. The molecule has 52 heavy (non-hydrogen) atoms. The number of anilines is 2. The average molecular weight is 743 g/mol. The molecule has 0 atom stereocenters. The minimum absolute atomic E-state index is 0.172. The van der Waals surface area contributed by atoms with Gasteiger partial charge in [0.25, 0.3) is 0 Å². The predicted molar refractivity (Wildman–Crippen MR) is 196 cm³/mol. The zero-order valence-corrected chi connectivity index (χ0v) is 30.1. The van der Waals surface area contributed by atoms with Crippen LogP contribution in [0.2, 0.25) is 0 Å². The van der Waals surface area contributed by atoms with E-state index in [-0.39, 0.29) is 18.9 Å². The van der Waals surface area contributed by atoms with Crippen LogP contribution in [0.1, 0.15) is 6.42 Å². The van der Waals surface area contributed by atoms with Crippen LogP contribution in [0.3, 0.4) is 0 Å². The number of carbonyl (C=O) groups excluding carboxylic acids is 1. The molecule has 2 aromatic carbocycles. The summed E-state index contributed by atoms with van der Waals surface area (Å²) in [6, 6.07) is 14.6. The number of methoxy groups -OCH3 is 1. The Morgan fingerprint density at radius 3 is 1.56 bits per heavy atom. The maximum absolute atomic E-state index is 12.5. The molecule has 0 bridgehead atoms. The van der Waals surface area contributed by atoms with Crippen LogP contribution in [0, 0.1) is 0 Å². The molecule has 5 aromatic rings. The molecule has 0 aliphatic rings. The Bertz CT molecular complexity index is 1780. The molecule has 5 rings (SSSR count). The van der Waals surface area contributed by atoms with Crippen LogP contribution in [0.25, 0.3) is 43.7 Å². The number of aromatic nitrogens is 2. The second-order valence-electron chi connectivity index (χ2n) is 11.2. The van der Waals surface area contributed by atoms with E-state index in [1.54, 1.807) is 31.4 Å². The van der Waals surface area contributed by atoms with E-state index in [2.05, 4.69) is 15.3 Å². The van der Waals surface area contributed by atoms with Crippen LogP contribution in [0.15, 0.2) is 57.4 Å². The number of carbonyl (C=O) groups is 1. The minimum atomic E-state index is -0.172. The second-order valence-corrected chi connectivity index (χ2v) is 12.3. The smallest absolute Gasteiger partial charge is 0.237 e. The Balaban J connectivity index is 0.856. The van der Waals surface area contributed by atoms with Gasteiger partial charge in [0, 0.05) is 30.6 Å². The van der Waals surface area contributed by atoms with Gasteiger partial charge in [0.05, 0.1) is 115 Å². The molecule has 0 unspecified atom stereocenters. The maximum atomic E-state index is 12.5. The molecule has 0 saturated carbocycles. The van der Waals surface area contributed by atoms with Gasteiger partial charge in [-0.3, -0.25) is 4.79 Å². The molecule has 0 radical (unpaired) electrons. The van der Waals surface area contributed by atoms with Crippen LogP contribution >= 0.6 is 11.3 Å². The van der Waals surface area contributed by atoms with Crippen LogP contribution in [0.4, 0.5) is 11.4 Å². The van der Waals surface area contributed by atoms with Gasteiger partial charge in [-0.2, -0.15) is 0 Å². The number of nitrogen functional groups attached to an aromatic ring is 1. The van der Waals surface area contributed by atoms with E-state index in [1.807, 2.05) is 24.3 Å². The molecule has 16 heteroatoms. The molecule has 3 aromatic heterocycles. The first-order valence-electron chi connectivity index (χ1n) is 17.1. The number of ether oxygens (including phenoxy) is 8. The lowest BCUT2D eigenvalue weighted by molar-refractivity contribution is -0.117. The predicted octanol–water partition coefficient (Wildman–Crippen LogP) is 5.04. The van der Waals surface area contributed by atoms with Gasteiger partial charge in [0.15, 0.2) is 11.2 Å². The van der Waals surface area contributed by atoms with Crippen molar-refractivity contribution < 1.29 is 51.5 Å². The summed E-state index contributed by atoms with van der Waals surface area (Å²) in [5.74, 6) is 0.805. The van der Waals surface area contributed by atoms with E-state index in [0.29, 0.717) is 132 Å². The molecule has 3 heterocycles. The van der Waals surface area contributed by atoms with Gasteiger partial charge in [0.1, 0.15) is 11.0 Å². The first-order valence-corrected chi connectivity index (χ1v) is 17.9. The number of benzene rings is 2. The number of hydrogen-bond donors (Lipinski definition) is 2. The highest BCUT2D eigenvalue weighted by molar-refractivity contribution is 7.18. The van der Waals surface area contributed by atoms with Crippen molar-refractivity contribution in [2.75, 3.05) is 117 Å². The van der Waals surface area contributed by atoms with Crippen LogP contribution in [-0.2, 0) is 42.7 Å². The van der Waals surface area contributed by atoms with Crippen LogP contribution in [-0.4, -0.2) is 122 Å². The molecule has 0 aliphatic carbocycles. The standard InChI is InChI=1S/C36H46N4O11S/c1-42-10-11-44-14-15-46-18-19-48-22-23-49-21-20-47-17-16-45-13-12-43-9-8-34(41)38-27-3-5-29-31(25-27)51-36(40-29)33-7-6-32(52-33)35-39-28-4-2-26(37)24-30(28)50-35/h2-7,24-25H,8-23,37H2,1H3,(H,38,41).